The molecule has 1 fully saturated rings. The third-order valence-electron chi connectivity index (χ3n) is 4.44. The second kappa shape index (κ2) is 11.1. The predicted molar refractivity (Wildman–Crippen MR) is 118 cm³/mol. The van der Waals surface area contributed by atoms with Gasteiger partial charge in [0.1, 0.15) is 4.71 Å². The van der Waals surface area contributed by atoms with Gasteiger partial charge in [0.2, 0.25) is 11.8 Å². The van der Waals surface area contributed by atoms with Gasteiger partial charge in [0.05, 0.1) is 24.9 Å². The quantitative estimate of drug-likeness (QED) is 0.520. The monoisotopic (exact) mass is 456 g/mol. The highest BCUT2D eigenvalue weighted by molar-refractivity contribution is 8.18. The lowest BCUT2D eigenvalue weighted by atomic mass is 10.2. The minimum absolute atomic E-state index is 0.0205. The molecule has 7 nitrogen and oxygen atoms in total. The molecule has 10 heteroatoms. The van der Waals surface area contributed by atoms with Crippen LogP contribution in [0.25, 0.3) is 0 Å². The summed E-state index contributed by atoms with van der Waals surface area (Å²) in [5.41, 5.74) is 7.20. The molecule has 4 N–H and O–H groups in total. The van der Waals surface area contributed by atoms with Gasteiger partial charge in [-0.3, -0.25) is 14.5 Å². The number of morpholine rings is 1. The van der Waals surface area contributed by atoms with E-state index in [9.17, 15) is 9.59 Å². The maximum Gasteiger partial charge on any atom is 0.230 e. The molecule has 0 saturated carbocycles. The fourth-order valence-corrected chi connectivity index (χ4v) is 5.16. The van der Waals surface area contributed by atoms with Gasteiger partial charge in [0.15, 0.2) is 0 Å². The lowest BCUT2D eigenvalue weighted by Crippen LogP contribution is -2.47. The molecule has 1 aromatic rings. The van der Waals surface area contributed by atoms with Gasteiger partial charge in [-0.25, -0.2) is 0 Å². The van der Waals surface area contributed by atoms with Crippen molar-refractivity contribution in [2.24, 2.45) is 5.73 Å². The maximum atomic E-state index is 12.2. The number of amides is 2. The highest BCUT2D eigenvalue weighted by Gasteiger charge is 2.22. The van der Waals surface area contributed by atoms with Crippen molar-refractivity contribution in [1.29, 1.82) is 0 Å². The summed E-state index contributed by atoms with van der Waals surface area (Å²) in [6, 6.07) is 7.86. The molecule has 1 unspecified atom stereocenters. The Balaban J connectivity index is 1.32. The average Bonchev–Trinajstić information content (AvgIpc) is 3.13. The summed E-state index contributed by atoms with van der Waals surface area (Å²) >= 11 is 8.97. The number of benzene rings is 1. The van der Waals surface area contributed by atoms with Crippen molar-refractivity contribution in [3.05, 3.63) is 46.0 Å². The number of thioether (sulfide) groups is 2. The van der Waals surface area contributed by atoms with E-state index in [1.165, 1.54) is 17.3 Å². The van der Waals surface area contributed by atoms with Gasteiger partial charge in [0.25, 0.3) is 0 Å². The van der Waals surface area contributed by atoms with Crippen LogP contribution in [-0.4, -0.2) is 59.5 Å². The molecule has 1 aromatic carbocycles. The van der Waals surface area contributed by atoms with Crippen LogP contribution in [0.1, 0.15) is 12.0 Å². The minimum atomic E-state index is -0.370. The number of nitrogens with zero attached hydrogens (tertiary/aromatic N) is 1. The minimum Gasteiger partial charge on any atom is -0.374 e. The van der Waals surface area contributed by atoms with E-state index in [1.807, 2.05) is 29.7 Å². The van der Waals surface area contributed by atoms with E-state index >= 15 is 0 Å². The molecular formula is C19H25ClN4O3S2. The third-order valence-corrected chi connectivity index (χ3v) is 7.07. The number of primary amides is 1. The number of rotatable bonds is 9. The van der Waals surface area contributed by atoms with Crippen molar-refractivity contribution in [2.45, 2.75) is 23.8 Å². The molecule has 0 spiro atoms. The van der Waals surface area contributed by atoms with Crippen LogP contribution in [0.3, 0.4) is 0 Å². The van der Waals surface area contributed by atoms with Crippen LogP contribution in [0.4, 0.5) is 0 Å². The summed E-state index contributed by atoms with van der Waals surface area (Å²) in [5, 5.41) is 8.75. The van der Waals surface area contributed by atoms with E-state index in [4.69, 9.17) is 22.1 Å². The Morgan fingerprint density at radius 3 is 2.93 bits per heavy atom. The Labute approximate surface area is 184 Å². The number of ether oxygens (including phenoxy) is 1. The first-order valence-electron chi connectivity index (χ1n) is 9.34. The maximum absolute atomic E-state index is 12.2. The third kappa shape index (κ3) is 7.75. The number of nitrogens with two attached hydrogens (primary N) is 1. The molecular weight excluding hydrogens is 432 g/mol. The average molecular weight is 457 g/mol. The van der Waals surface area contributed by atoms with Gasteiger partial charge in [-0.05, 0) is 23.1 Å². The highest BCUT2D eigenvalue weighted by Crippen LogP contribution is 2.30. The van der Waals surface area contributed by atoms with E-state index in [0.717, 1.165) is 30.4 Å². The van der Waals surface area contributed by atoms with Crippen LogP contribution in [0.5, 0.6) is 0 Å². The molecule has 0 bridgehead atoms. The van der Waals surface area contributed by atoms with Crippen molar-refractivity contribution >= 4 is 46.9 Å². The summed E-state index contributed by atoms with van der Waals surface area (Å²) in [6.07, 6.45) is 0.176. The van der Waals surface area contributed by atoms with Crippen LogP contribution < -0.4 is 16.4 Å². The first kappa shape index (κ1) is 22.3. The Morgan fingerprint density at radius 2 is 2.17 bits per heavy atom. The fraction of sp³-hybridized carbons (Fsp3) is 0.474. The Morgan fingerprint density at radius 1 is 1.38 bits per heavy atom. The van der Waals surface area contributed by atoms with Gasteiger partial charge in [-0.15, -0.1) is 11.8 Å². The molecule has 2 heterocycles. The topological polar surface area (TPSA) is 96.7 Å². The van der Waals surface area contributed by atoms with Crippen LogP contribution in [0.15, 0.2) is 35.4 Å². The number of carbonyl (C=O) groups is 2. The summed E-state index contributed by atoms with van der Waals surface area (Å²) in [7, 11) is 0. The van der Waals surface area contributed by atoms with Crippen molar-refractivity contribution in [3.8, 4) is 0 Å². The zero-order valence-electron chi connectivity index (χ0n) is 15.9. The summed E-state index contributed by atoms with van der Waals surface area (Å²) < 4.78 is 5.82. The zero-order valence-corrected chi connectivity index (χ0v) is 18.3. The van der Waals surface area contributed by atoms with Crippen molar-refractivity contribution in [1.82, 2.24) is 15.5 Å². The SMILES string of the molecule is NC(=O)CC1=CSC(SCC(=O)NC[C@H]2CN(Cc3ccc(Cl)cc3)CCO2)N1. The van der Waals surface area contributed by atoms with Gasteiger partial charge in [-0.2, -0.15) is 0 Å². The summed E-state index contributed by atoms with van der Waals surface area (Å²) in [4.78, 5) is 25.4. The molecule has 1 saturated heterocycles. The lowest BCUT2D eigenvalue weighted by molar-refractivity contribution is -0.120. The van der Waals surface area contributed by atoms with Crippen LogP contribution >= 0.6 is 35.1 Å². The van der Waals surface area contributed by atoms with E-state index in [-0.39, 0.29) is 29.0 Å². The number of hydrogen-bond acceptors (Lipinski definition) is 7. The largest absolute Gasteiger partial charge is 0.374 e. The molecule has 3 rings (SSSR count). The second-order valence-electron chi connectivity index (χ2n) is 6.87. The molecule has 0 radical (unpaired) electrons. The first-order chi connectivity index (χ1) is 14.0. The van der Waals surface area contributed by atoms with Crippen molar-refractivity contribution < 1.29 is 14.3 Å². The standard InChI is InChI=1S/C19H25ClN4O3S2/c20-14-3-1-13(2-4-14)9-24-5-6-27-16(10-24)8-22-18(26)12-29-19-23-15(11-28-19)7-17(21)25/h1-4,11,16,19,23H,5-10,12H2,(H2,21,25)(H,22,26)/t16-,19?/m0/s1. The molecule has 0 aliphatic carbocycles. The smallest absolute Gasteiger partial charge is 0.230 e. The molecule has 2 aliphatic heterocycles. The van der Waals surface area contributed by atoms with Crippen LogP contribution in [0.2, 0.25) is 5.02 Å². The molecule has 158 valence electrons. The number of halogens is 1. The second-order valence-corrected chi connectivity index (χ2v) is 9.68. The Bertz CT molecular complexity index is 747. The van der Waals surface area contributed by atoms with E-state index in [0.29, 0.717) is 18.9 Å². The zero-order chi connectivity index (χ0) is 20.6. The van der Waals surface area contributed by atoms with E-state index in [2.05, 4.69) is 15.5 Å². The van der Waals surface area contributed by atoms with Gasteiger partial charge in [-0.1, -0.05) is 35.5 Å². The van der Waals surface area contributed by atoms with E-state index < -0.39 is 0 Å². The molecule has 2 aliphatic rings. The van der Waals surface area contributed by atoms with Crippen LogP contribution in [-0.2, 0) is 20.9 Å². The normalized spacial score (nSPS) is 22.0. The molecule has 2 amide bonds. The van der Waals surface area contributed by atoms with Crippen LogP contribution in [0, 0.1) is 0 Å². The molecule has 29 heavy (non-hydrogen) atoms. The van der Waals surface area contributed by atoms with E-state index in [1.54, 1.807) is 11.8 Å². The summed E-state index contributed by atoms with van der Waals surface area (Å²) in [5.74, 6) is -0.0617. The Kier molecular flexibility index (Phi) is 8.55. The lowest BCUT2D eigenvalue weighted by Gasteiger charge is -2.33. The Hall–Kier alpha value is -1.39. The fourth-order valence-electron chi connectivity index (χ4n) is 3.05. The predicted octanol–water partition coefficient (Wildman–Crippen LogP) is 1.73. The highest BCUT2D eigenvalue weighted by atomic mass is 35.5. The number of carbonyl (C=O) groups excluding carboxylic acids is 2. The van der Waals surface area contributed by atoms with Gasteiger partial charge < -0.3 is 21.1 Å². The van der Waals surface area contributed by atoms with Gasteiger partial charge >= 0.3 is 0 Å². The molecule has 0 aromatic heterocycles. The molecule has 2 atom stereocenters. The first-order valence-corrected chi connectivity index (χ1v) is 11.7. The van der Waals surface area contributed by atoms with Crippen molar-refractivity contribution in [2.75, 3.05) is 32.0 Å². The summed E-state index contributed by atoms with van der Waals surface area (Å²) in [6.45, 7) is 3.63. The van der Waals surface area contributed by atoms with Crippen molar-refractivity contribution in [3.63, 3.8) is 0 Å². The van der Waals surface area contributed by atoms with Gasteiger partial charge in [0, 0.05) is 36.9 Å². The number of hydrogen-bond donors (Lipinski definition) is 3. The number of nitrogens with one attached hydrogen (secondary N) is 2.